The monoisotopic (exact) mass is 269 g/mol. The van der Waals surface area contributed by atoms with Crippen molar-refractivity contribution >= 4 is 0 Å². The van der Waals surface area contributed by atoms with Crippen molar-refractivity contribution in [1.82, 2.24) is 4.90 Å². The fraction of sp³-hybridized carbons (Fsp3) is 1.00. The molecule has 2 aliphatic heterocycles. The molecule has 0 radical (unpaired) electrons. The van der Waals surface area contributed by atoms with Crippen molar-refractivity contribution in [1.29, 1.82) is 0 Å². The molecule has 0 bridgehead atoms. The molecule has 0 N–H and O–H groups in total. The van der Waals surface area contributed by atoms with Crippen LogP contribution in [0.1, 0.15) is 60.8 Å². The van der Waals surface area contributed by atoms with Crippen LogP contribution < -0.4 is 0 Å². The summed E-state index contributed by atoms with van der Waals surface area (Å²) in [5, 5.41) is 0. The van der Waals surface area contributed by atoms with Crippen molar-refractivity contribution in [2.75, 3.05) is 13.1 Å². The van der Waals surface area contributed by atoms with E-state index in [9.17, 15) is 0 Å². The summed E-state index contributed by atoms with van der Waals surface area (Å²) in [7, 11) is 0. The van der Waals surface area contributed by atoms with Crippen LogP contribution in [0.5, 0.6) is 0 Å². The zero-order chi connectivity index (χ0) is 14.3. The average molecular weight is 269 g/mol. The number of piperidine rings is 1. The molecule has 0 aromatic heterocycles. The number of ether oxygens (including phenoxy) is 2. The third-order valence-corrected chi connectivity index (χ3v) is 3.82. The number of rotatable bonds is 2. The maximum atomic E-state index is 6.36. The summed E-state index contributed by atoms with van der Waals surface area (Å²) in [6.45, 7) is 15.1. The fourth-order valence-corrected chi connectivity index (χ4v) is 3.32. The zero-order valence-electron chi connectivity index (χ0n) is 13.5. The summed E-state index contributed by atoms with van der Waals surface area (Å²) in [4.78, 5) is 2.58. The van der Waals surface area contributed by atoms with Crippen LogP contribution in [-0.4, -0.2) is 47.4 Å². The van der Waals surface area contributed by atoms with Crippen LogP contribution in [0.25, 0.3) is 0 Å². The first-order chi connectivity index (χ1) is 8.66. The molecule has 2 rings (SSSR count). The lowest BCUT2D eigenvalue weighted by molar-refractivity contribution is -0.151. The van der Waals surface area contributed by atoms with Gasteiger partial charge in [-0.3, -0.25) is 4.90 Å². The van der Waals surface area contributed by atoms with Crippen molar-refractivity contribution in [3.05, 3.63) is 0 Å². The lowest BCUT2D eigenvalue weighted by atomic mass is 9.99. The first-order valence-electron chi connectivity index (χ1n) is 7.75. The number of nitrogens with zero attached hydrogens (tertiary/aromatic N) is 1. The minimum absolute atomic E-state index is 0.0984. The van der Waals surface area contributed by atoms with Crippen molar-refractivity contribution in [2.45, 2.75) is 90.3 Å². The van der Waals surface area contributed by atoms with E-state index in [0.29, 0.717) is 6.04 Å². The Balaban J connectivity index is 2.11. The summed E-state index contributed by atoms with van der Waals surface area (Å²) in [6, 6.07) is 0.556. The highest BCUT2D eigenvalue weighted by Gasteiger charge is 2.46. The summed E-state index contributed by atoms with van der Waals surface area (Å²) >= 11 is 0. The second-order valence-corrected chi connectivity index (χ2v) is 8.02. The highest BCUT2D eigenvalue weighted by Crippen LogP contribution is 2.34. The van der Waals surface area contributed by atoms with E-state index in [1.807, 2.05) is 0 Å². The molecule has 0 aliphatic carbocycles. The van der Waals surface area contributed by atoms with E-state index in [-0.39, 0.29) is 23.4 Å². The van der Waals surface area contributed by atoms with Crippen molar-refractivity contribution in [2.24, 2.45) is 0 Å². The standard InChI is InChI=1S/C16H31NO2/c1-15(2,3)18-13-11-17-10-8-7-9-12(17)14(13)19-16(4,5)6/h12-14H,7-11H2,1-6H3/t12-,13+,14+/m1/s1. The van der Waals surface area contributed by atoms with E-state index in [0.717, 1.165) is 6.54 Å². The van der Waals surface area contributed by atoms with Gasteiger partial charge in [0.05, 0.1) is 17.3 Å². The molecule has 3 atom stereocenters. The first-order valence-corrected chi connectivity index (χ1v) is 7.75. The van der Waals surface area contributed by atoms with Gasteiger partial charge in [-0.05, 0) is 60.9 Å². The van der Waals surface area contributed by atoms with Gasteiger partial charge in [0.1, 0.15) is 6.10 Å². The van der Waals surface area contributed by atoms with Crippen LogP contribution >= 0.6 is 0 Å². The van der Waals surface area contributed by atoms with E-state index < -0.39 is 0 Å². The fourth-order valence-electron chi connectivity index (χ4n) is 3.32. The molecule has 112 valence electrons. The van der Waals surface area contributed by atoms with Crippen LogP contribution in [-0.2, 0) is 9.47 Å². The Morgan fingerprint density at radius 2 is 1.53 bits per heavy atom. The Kier molecular flexibility index (Phi) is 4.29. The molecule has 0 saturated carbocycles. The summed E-state index contributed by atoms with van der Waals surface area (Å²) in [5.74, 6) is 0. The van der Waals surface area contributed by atoms with Crippen LogP contribution in [0, 0.1) is 0 Å². The molecule has 0 amide bonds. The third-order valence-electron chi connectivity index (χ3n) is 3.82. The van der Waals surface area contributed by atoms with E-state index in [2.05, 4.69) is 46.4 Å². The minimum atomic E-state index is -0.0996. The molecule has 2 aliphatic rings. The molecule has 0 aromatic rings. The van der Waals surface area contributed by atoms with Gasteiger partial charge in [0.15, 0.2) is 0 Å². The lowest BCUT2D eigenvalue weighted by Crippen LogP contribution is -2.45. The third kappa shape index (κ3) is 4.17. The average Bonchev–Trinajstić information content (AvgIpc) is 2.52. The minimum Gasteiger partial charge on any atom is -0.369 e. The lowest BCUT2D eigenvalue weighted by Gasteiger charge is -2.36. The molecule has 3 heteroatoms. The van der Waals surface area contributed by atoms with E-state index in [1.165, 1.54) is 25.8 Å². The van der Waals surface area contributed by atoms with Gasteiger partial charge >= 0.3 is 0 Å². The Hall–Kier alpha value is -0.120. The molecular formula is C16H31NO2. The van der Waals surface area contributed by atoms with Gasteiger partial charge < -0.3 is 9.47 Å². The Labute approximate surface area is 118 Å². The molecule has 0 aromatic carbocycles. The van der Waals surface area contributed by atoms with Crippen molar-refractivity contribution in [3.8, 4) is 0 Å². The SMILES string of the molecule is CC(C)(C)O[C@@H]1[C@@H](OC(C)(C)C)CN2CCCC[C@H]12. The predicted molar refractivity (Wildman–Crippen MR) is 78.5 cm³/mol. The van der Waals surface area contributed by atoms with E-state index >= 15 is 0 Å². The van der Waals surface area contributed by atoms with Gasteiger partial charge in [0.2, 0.25) is 0 Å². The van der Waals surface area contributed by atoms with E-state index in [1.54, 1.807) is 0 Å². The van der Waals surface area contributed by atoms with Gasteiger partial charge in [0.25, 0.3) is 0 Å². The highest BCUT2D eigenvalue weighted by atomic mass is 16.6. The van der Waals surface area contributed by atoms with Crippen LogP contribution in [0.2, 0.25) is 0 Å². The summed E-state index contributed by atoms with van der Waals surface area (Å²) < 4.78 is 12.6. The second-order valence-electron chi connectivity index (χ2n) is 8.02. The molecule has 19 heavy (non-hydrogen) atoms. The Morgan fingerprint density at radius 1 is 0.895 bits per heavy atom. The van der Waals surface area contributed by atoms with Gasteiger partial charge in [-0.1, -0.05) is 6.42 Å². The summed E-state index contributed by atoms with van der Waals surface area (Å²) in [5.41, 5.74) is -0.198. The zero-order valence-corrected chi connectivity index (χ0v) is 13.5. The first kappa shape index (κ1) is 15.3. The summed E-state index contributed by atoms with van der Waals surface area (Å²) in [6.07, 6.45) is 4.33. The number of hydrogen-bond donors (Lipinski definition) is 0. The van der Waals surface area contributed by atoms with Gasteiger partial charge in [-0.2, -0.15) is 0 Å². The van der Waals surface area contributed by atoms with Crippen LogP contribution in [0.15, 0.2) is 0 Å². The van der Waals surface area contributed by atoms with Gasteiger partial charge in [-0.25, -0.2) is 0 Å². The Bertz CT molecular complexity index is 303. The number of hydrogen-bond acceptors (Lipinski definition) is 3. The smallest absolute Gasteiger partial charge is 0.101 e. The maximum absolute atomic E-state index is 6.36. The molecule has 3 nitrogen and oxygen atoms in total. The molecule has 0 unspecified atom stereocenters. The van der Waals surface area contributed by atoms with Crippen LogP contribution in [0.3, 0.4) is 0 Å². The molecule has 2 heterocycles. The van der Waals surface area contributed by atoms with Gasteiger partial charge in [-0.15, -0.1) is 0 Å². The topological polar surface area (TPSA) is 21.7 Å². The maximum Gasteiger partial charge on any atom is 0.101 e. The normalized spacial score (nSPS) is 33.5. The van der Waals surface area contributed by atoms with Crippen LogP contribution in [0.4, 0.5) is 0 Å². The van der Waals surface area contributed by atoms with Gasteiger partial charge in [0, 0.05) is 12.6 Å². The molecular weight excluding hydrogens is 238 g/mol. The van der Waals surface area contributed by atoms with E-state index in [4.69, 9.17) is 9.47 Å². The highest BCUT2D eigenvalue weighted by molar-refractivity contribution is 4.99. The van der Waals surface area contributed by atoms with Crippen molar-refractivity contribution in [3.63, 3.8) is 0 Å². The second kappa shape index (κ2) is 5.34. The predicted octanol–water partition coefficient (Wildman–Crippen LogP) is 3.22. The molecule has 2 fully saturated rings. The Morgan fingerprint density at radius 3 is 2.11 bits per heavy atom. The molecule has 0 spiro atoms. The molecule has 2 saturated heterocycles. The van der Waals surface area contributed by atoms with Crippen molar-refractivity contribution < 1.29 is 9.47 Å². The number of fused-ring (bicyclic) bond motifs is 1. The quantitative estimate of drug-likeness (QED) is 0.768. The largest absolute Gasteiger partial charge is 0.369 e.